The molecule has 2 heterocycles. The summed E-state index contributed by atoms with van der Waals surface area (Å²) in [5, 5.41) is 7.23. The van der Waals surface area contributed by atoms with E-state index in [1.165, 1.54) is 0 Å². The minimum Gasteiger partial charge on any atom is -0.381 e. The molecule has 0 bridgehead atoms. The SMILES string of the molecule is CCCn1c(N(C)C2CCOCC2)n[nH]c1=S. The molecule has 6 heteroatoms. The molecule has 0 radical (unpaired) electrons. The summed E-state index contributed by atoms with van der Waals surface area (Å²) in [5.74, 6) is 0.948. The summed E-state index contributed by atoms with van der Waals surface area (Å²) >= 11 is 5.25. The van der Waals surface area contributed by atoms with Crippen LogP contribution in [0.2, 0.25) is 0 Å². The van der Waals surface area contributed by atoms with Crippen LogP contribution >= 0.6 is 12.2 Å². The average Bonchev–Trinajstić information content (AvgIpc) is 2.72. The van der Waals surface area contributed by atoms with E-state index in [0.29, 0.717) is 10.8 Å². The number of hydrogen-bond acceptors (Lipinski definition) is 4. The number of ether oxygens (including phenoxy) is 1. The summed E-state index contributed by atoms with van der Waals surface area (Å²) in [5.41, 5.74) is 0. The summed E-state index contributed by atoms with van der Waals surface area (Å²) in [6.45, 7) is 4.74. The predicted octanol–water partition coefficient (Wildman–Crippen LogP) is 1.97. The number of H-pyrrole nitrogens is 1. The molecule has 1 aromatic heterocycles. The maximum atomic E-state index is 5.39. The first-order valence-electron chi connectivity index (χ1n) is 6.19. The summed E-state index contributed by atoms with van der Waals surface area (Å²) in [6.07, 6.45) is 3.17. The summed E-state index contributed by atoms with van der Waals surface area (Å²) in [4.78, 5) is 2.23. The van der Waals surface area contributed by atoms with Crippen LogP contribution in [0, 0.1) is 4.77 Å². The van der Waals surface area contributed by atoms with E-state index in [-0.39, 0.29) is 0 Å². The number of aromatic nitrogens is 3. The molecule has 0 saturated carbocycles. The van der Waals surface area contributed by atoms with E-state index in [9.17, 15) is 0 Å². The van der Waals surface area contributed by atoms with Crippen LogP contribution < -0.4 is 4.90 Å². The van der Waals surface area contributed by atoms with Crippen LogP contribution in [0.1, 0.15) is 26.2 Å². The summed E-state index contributed by atoms with van der Waals surface area (Å²) < 4.78 is 8.17. The molecular formula is C11H20N4OS. The molecule has 5 nitrogen and oxygen atoms in total. The lowest BCUT2D eigenvalue weighted by Crippen LogP contribution is -2.38. The molecule has 1 aliphatic rings. The Morgan fingerprint density at radius 1 is 1.53 bits per heavy atom. The Labute approximate surface area is 107 Å². The van der Waals surface area contributed by atoms with Gasteiger partial charge in [-0.2, -0.15) is 0 Å². The van der Waals surface area contributed by atoms with Gasteiger partial charge in [0.05, 0.1) is 0 Å². The molecule has 1 aliphatic heterocycles. The lowest BCUT2D eigenvalue weighted by atomic mass is 10.1. The maximum Gasteiger partial charge on any atom is 0.225 e. The van der Waals surface area contributed by atoms with Gasteiger partial charge in [-0.25, -0.2) is 5.10 Å². The van der Waals surface area contributed by atoms with Gasteiger partial charge in [-0.15, -0.1) is 5.10 Å². The zero-order chi connectivity index (χ0) is 12.3. The van der Waals surface area contributed by atoms with Crippen molar-refractivity contribution in [3.63, 3.8) is 0 Å². The van der Waals surface area contributed by atoms with E-state index in [1.807, 2.05) is 0 Å². The molecule has 0 aliphatic carbocycles. The number of hydrogen-bond donors (Lipinski definition) is 1. The van der Waals surface area contributed by atoms with E-state index in [0.717, 1.165) is 45.0 Å². The van der Waals surface area contributed by atoms with E-state index < -0.39 is 0 Å². The highest BCUT2D eigenvalue weighted by Gasteiger charge is 2.22. The number of rotatable bonds is 4. The highest BCUT2D eigenvalue weighted by molar-refractivity contribution is 7.71. The van der Waals surface area contributed by atoms with Gasteiger partial charge >= 0.3 is 0 Å². The Morgan fingerprint density at radius 2 is 2.24 bits per heavy atom. The first kappa shape index (κ1) is 12.6. The number of aromatic amines is 1. The van der Waals surface area contributed by atoms with Crippen molar-refractivity contribution >= 4 is 18.2 Å². The molecule has 1 saturated heterocycles. The largest absolute Gasteiger partial charge is 0.381 e. The van der Waals surface area contributed by atoms with Gasteiger partial charge in [-0.05, 0) is 31.5 Å². The van der Waals surface area contributed by atoms with E-state index in [2.05, 4.69) is 33.6 Å². The third kappa shape index (κ3) is 2.69. The van der Waals surface area contributed by atoms with E-state index >= 15 is 0 Å². The number of nitrogens with one attached hydrogen (secondary N) is 1. The standard InChI is InChI=1S/C11H20N4OS/c1-3-6-15-10(12-13-11(15)17)14(2)9-4-7-16-8-5-9/h9H,3-8H2,1-2H3,(H,13,17). The topological polar surface area (TPSA) is 46.1 Å². The molecule has 0 unspecified atom stereocenters. The Bertz CT molecular complexity index is 408. The molecule has 1 aromatic rings. The van der Waals surface area contributed by atoms with Crippen LogP contribution in [-0.4, -0.2) is 41.1 Å². The molecule has 2 rings (SSSR count). The average molecular weight is 256 g/mol. The molecule has 1 fully saturated rings. The molecular weight excluding hydrogens is 236 g/mol. The quantitative estimate of drug-likeness (QED) is 0.837. The van der Waals surface area contributed by atoms with Gasteiger partial charge in [-0.3, -0.25) is 4.57 Å². The lowest BCUT2D eigenvalue weighted by molar-refractivity contribution is 0.0851. The Morgan fingerprint density at radius 3 is 2.88 bits per heavy atom. The van der Waals surface area contributed by atoms with Crippen LogP contribution in [0.5, 0.6) is 0 Å². The van der Waals surface area contributed by atoms with Crippen LogP contribution in [0.3, 0.4) is 0 Å². The van der Waals surface area contributed by atoms with Crippen molar-refractivity contribution in [3.8, 4) is 0 Å². The maximum absolute atomic E-state index is 5.39. The van der Waals surface area contributed by atoms with Crippen LogP contribution in [0.15, 0.2) is 0 Å². The number of anilines is 1. The summed E-state index contributed by atoms with van der Waals surface area (Å²) in [6, 6.07) is 0.504. The Hall–Kier alpha value is -0.880. The summed E-state index contributed by atoms with van der Waals surface area (Å²) in [7, 11) is 2.09. The van der Waals surface area contributed by atoms with Crippen LogP contribution in [0.4, 0.5) is 5.95 Å². The monoisotopic (exact) mass is 256 g/mol. The molecule has 0 aromatic carbocycles. The first-order valence-corrected chi connectivity index (χ1v) is 6.60. The lowest BCUT2D eigenvalue weighted by Gasteiger charge is -2.31. The van der Waals surface area contributed by atoms with Crippen LogP contribution in [0.25, 0.3) is 0 Å². The molecule has 96 valence electrons. The van der Waals surface area contributed by atoms with Gasteiger partial charge < -0.3 is 9.64 Å². The highest BCUT2D eigenvalue weighted by atomic mass is 32.1. The van der Waals surface area contributed by atoms with Gasteiger partial charge in [0.2, 0.25) is 5.95 Å². The van der Waals surface area contributed by atoms with Crippen molar-refractivity contribution in [2.75, 3.05) is 25.2 Å². The second-order valence-corrected chi connectivity index (χ2v) is 4.82. The van der Waals surface area contributed by atoms with Gasteiger partial charge in [-0.1, -0.05) is 6.92 Å². The smallest absolute Gasteiger partial charge is 0.225 e. The molecule has 17 heavy (non-hydrogen) atoms. The Balaban J connectivity index is 2.17. The van der Waals surface area contributed by atoms with Crippen molar-refractivity contribution in [1.29, 1.82) is 0 Å². The fourth-order valence-electron chi connectivity index (χ4n) is 2.24. The van der Waals surface area contributed by atoms with Crippen molar-refractivity contribution < 1.29 is 4.74 Å². The zero-order valence-electron chi connectivity index (χ0n) is 10.5. The second-order valence-electron chi connectivity index (χ2n) is 4.43. The predicted molar refractivity (Wildman–Crippen MR) is 69.9 cm³/mol. The van der Waals surface area contributed by atoms with Crippen molar-refractivity contribution in [1.82, 2.24) is 14.8 Å². The zero-order valence-corrected chi connectivity index (χ0v) is 11.3. The molecule has 0 atom stereocenters. The third-order valence-electron chi connectivity index (χ3n) is 3.24. The minimum absolute atomic E-state index is 0.504. The minimum atomic E-state index is 0.504. The van der Waals surface area contributed by atoms with Crippen molar-refractivity contribution in [2.45, 2.75) is 38.8 Å². The van der Waals surface area contributed by atoms with Gasteiger partial charge in [0, 0.05) is 32.8 Å². The van der Waals surface area contributed by atoms with Crippen molar-refractivity contribution in [3.05, 3.63) is 4.77 Å². The molecule has 0 amide bonds. The van der Waals surface area contributed by atoms with Gasteiger partial charge in [0.25, 0.3) is 0 Å². The van der Waals surface area contributed by atoms with Crippen LogP contribution in [-0.2, 0) is 11.3 Å². The number of nitrogens with zero attached hydrogens (tertiary/aromatic N) is 3. The second kappa shape index (κ2) is 5.64. The third-order valence-corrected chi connectivity index (χ3v) is 3.55. The molecule has 0 spiro atoms. The van der Waals surface area contributed by atoms with Crippen molar-refractivity contribution in [2.24, 2.45) is 0 Å². The normalized spacial score (nSPS) is 17.3. The first-order chi connectivity index (χ1) is 8.24. The van der Waals surface area contributed by atoms with E-state index in [4.69, 9.17) is 17.0 Å². The van der Waals surface area contributed by atoms with E-state index in [1.54, 1.807) is 0 Å². The Kier molecular flexibility index (Phi) is 4.17. The fraction of sp³-hybridized carbons (Fsp3) is 0.818. The fourth-order valence-corrected chi connectivity index (χ4v) is 2.46. The highest BCUT2D eigenvalue weighted by Crippen LogP contribution is 2.19. The molecule has 1 N–H and O–H groups in total. The van der Waals surface area contributed by atoms with Gasteiger partial charge in [0.1, 0.15) is 0 Å². The van der Waals surface area contributed by atoms with Gasteiger partial charge in [0.15, 0.2) is 4.77 Å².